The van der Waals surface area contributed by atoms with E-state index in [0.717, 1.165) is 0 Å². The van der Waals surface area contributed by atoms with Crippen LogP contribution < -0.4 is 5.73 Å². The van der Waals surface area contributed by atoms with Gasteiger partial charge in [0.05, 0.1) is 5.56 Å². The van der Waals surface area contributed by atoms with Crippen molar-refractivity contribution in [2.75, 3.05) is 12.8 Å². The Morgan fingerprint density at radius 3 is 2.56 bits per heavy atom. The number of carboxylic acid groups (broad SMARTS) is 1. The second-order valence-electron chi connectivity index (χ2n) is 3.59. The lowest BCUT2D eigenvalue weighted by atomic mass is 10.1. The Morgan fingerprint density at radius 2 is 2.06 bits per heavy atom. The highest BCUT2D eigenvalue weighted by atomic mass is 16.4. The van der Waals surface area contributed by atoms with Crippen LogP contribution in [0, 0.1) is 0 Å². The van der Waals surface area contributed by atoms with Crippen LogP contribution in [0.2, 0.25) is 0 Å². The fourth-order valence-corrected chi connectivity index (χ4v) is 1.24. The average molecular weight is 222 g/mol. The van der Waals surface area contributed by atoms with Crippen molar-refractivity contribution in [3.05, 3.63) is 29.3 Å². The number of hydrogen-bond donors (Lipinski definition) is 2. The van der Waals surface area contributed by atoms with Gasteiger partial charge >= 0.3 is 5.97 Å². The first kappa shape index (κ1) is 12.0. The lowest BCUT2D eigenvalue weighted by molar-refractivity contribution is -0.128. The summed E-state index contributed by atoms with van der Waals surface area (Å²) < 4.78 is 0. The van der Waals surface area contributed by atoms with Crippen molar-refractivity contribution in [2.45, 2.75) is 13.5 Å². The van der Waals surface area contributed by atoms with Crippen LogP contribution in [0.3, 0.4) is 0 Å². The summed E-state index contributed by atoms with van der Waals surface area (Å²) in [7, 11) is 1.63. The molecular formula is C11H14N2O3. The summed E-state index contributed by atoms with van der Waals surface area (Å²) in [4.78, 5) is 23.3. The largest absolute Gasteiger partial charge is 0.478 e. The van der Waals surface area contributed by atoms with E-state index in [0.29, 0.717) is 17.8 Å². The predicted molar refractivity (Wildman–Crippen MR) is 60.0 cm³/mol. The van der Waals surface area contributed by atoms with Crippen molar-refractivity contribution in [1.29, 1.82) is 0 Å². The molecule has 0 fully saturated rings. The number of nitrogens with zero attached hydrogens (tertiary/aromatic N) is 1. The second-order valence-corrected chi connectivity index (χ2v) is 3.59. The first-order chi connectivity index (χ1) is 7.41. The van der Waals surface area contributed by atoms with Crippen LogP contribution in [0.4, 0.5) is 5.69 Å². The highest BCUT2D eigenvalue weighted by molar-refractivity contribution is 5.88. The van der Waals surface area contributed by atoms with Crippen LogP contribution in [-0.4, -0.2) is 28.9 Å². The summed E-state index contributed by atoms with van der Waals surface area (Å²) in [6.07, 6.45) is 0. The van der Waals surface area contributed by atoms with Gasteiger partial charge in [0.15, 0.2) is 0 Å². The molecule has 0 bridgehead atoms. The van der Waals surface area contributed by atoms with Gasteiger partial charge in [-0.2, -0.15) is 0 Å². The standard InChI is InChI=1S/C11H14N2O3/c1-7(14)13(2)6-9-5-8(11(15)16)3-4-10(9)12/h3-5H,6,12H2,1-2H3,(H,15,16). The van der Waals surface area contributed by atoms with Gasteiger partial charge in [0.2, 0.25) is 5.91 Å². The maximum atomic E-state index is 11.0. The average Bonchev–Trinajstić information content (AvgIpc) is 2.20. The van der Waals surface area contributed by atoms with E-state index < -0.39 is 5.97 Å². The van der Waals surface area contributed by atoms with Gasteiger partial charge in [-0.15, -0.1) is 0 Å². The molecule has 0 aliphatic carbocycles. The molecular weight excluding hydrogens is 208 g/mol. The third kappa shape index (κ3) is 2.73. The molecule has 86 valence electrons. The Hall–Kier alpha value is -2.04. The zero-order valence-electron chi connectivity index (χ0n) is 9.23. The highest BCUT2D eigenvalue weighted by Gasteiger charge is 2.09. The zero-order valence-corrected chi connectivity index (χ0v) is 9.23. The number of hydrogen-bond acceptors (Lipinski definition) is 3. The van der Waals surface area contributed by atoms with Gasteiger partial charge in [-0.1, -0.05) is 0 Å². The van der Waals surface area contributed by atoms with Gasteiger partial charge < -0.3 is 15.7 Å². The maximum absolute atomic E-state index is 11.0. The molecule has 5 nitrogen and oxygen atoms in total. The molecule has 0 aromatic heterocycles. The third-order valence-electron chi connectivity index (χ3n) is 2.33. The molecule has 0 saturated carbocycles. The molecule has 0 unspecified atom stereocenters. The number of nitrogen functional groups attached to an aromatic ring is 1. The van der Waals surface area contributed by atoms with E-state index in [1.54, 1.807) is 7.05 Å². The summed E-state index contributed by atoms with van der Waals surface area (Å²) in [5, 5.41) is 8.82. The quantitative estimate of drug-likeness (QED) is 0.745. The fourth-order valence-electron chi connectivity index (χ4n) is 1.24. The highest BCUT2D eigenvalue weighted by Crippen LogP contribution is 2.16. The molecule has 0 aliphatic rings. The van der Waals surface area contributed by atoms with Gasteiger partial charge in [0.1, 0.15) is 0 Å². The molecule has 0 saturated heterocycles. The molecule has 0 atom stereocenters. The lowest BCUT2D eigenvalue weighted by Gasteiger charge is -2.16. The number of carbonyl (C=O) groups excluding carboxylic acids is 1. The summed E-state index contributed by atoms with van der Waals surface area (Å²) >= 11 is 0. The van der Waals surface area contributed by atoms with Gasteiger partial charge in [0.25, 0.3) is 0 Å². The van der Waals surface area contributed by atoms with Gasteiger partial charge in [-0.05, 0) is 23.8 Å². The van der Waals surface area contributed by atoms with Crippen molar-refractivity contribution < 1.29 is 14.7 Å². The van der Waals surface area contributed by atoms with Crippen molar-refractivity contribution >= 4 is 17.6 Å². The molecule has 0 radical (unpaired) electrons. The molecule has 1 aromatic carbocycles. The molecule has 3 N–H and O–H groups in total. The topological polar surface area (TPSA) is 83.6 Å². The van der Waals surface area contributed by atoms with Crippen LogP contribution in [0.1, 0.15) is 22.8 Å². The van der Waals surface area contributed by atoms with Crippen molar-refractivity contribution in [3.63, 3.8) is 0 Å². The summed E-state index contributed by atoms with van der Waals surface area (Å²) in [5.41, 5.74) is 7.00. The lowest BCUT2D eigenvalue weighted by Crippen LogP contribution is -2.23. The SMILES string of the molecule is CC(=O)N(C)Cc1cc(C(=O)O)ccc1N. The number of aromatic carboxylic acids is 1. The molecule has 1 amide bonds. The molecule has 5 heteroatoms. The van der Waals surface area contributed by atoms with E-state index in [1.807, 2.05) is 0 Å². The van der Waals surface area contributed by atoms with E-state index in [4.69, 9.17) is 10.8 Å². The number of amides is 1. The molecule has 0 heterocycles. The normalized spacial score (nSPS) is 9.88. The monoisotopic (exact) mass is 222 g/mol. The van der Waals surface area contributed by atoms with E-state index in [9.17, 15) is 9.59 Å². The Labute approximate surface area is 93.5 Å². The van der Waals surface area contributed by atoms with Gasteiger partial charge in [0, 0.05) is 26.2 Å². The number of rotatable bonds is 3. The number of carbonyl (C=O) groups is 2. The summed E-state index contributed by atoms with van der Waals surface area (Å²) in [6.45, 7) is 1.75. The number of nitrogens with two attached hydrogens (primary N) is 1. The molecule has 1 rings (SSSR count). The minimum absolute atomic E-state index is 0.0971. The Balaban J connectivity index is 2.98. The minimum Gasteiger partial charge on any atom is -0.478 e. The Kier molecular flexibility index (Phi) is 3.50. The molecule has 16 heavy (non-hydrogen) atoms. The Morgan fingerprint density at radius 1 is 1.44 bits per heavy atom. The predicted octanol–water partition coefficient (Wildman–Crippen LogP) is 0.945. The van der Waals surface area contributed by atoms with Crippen LogP contribution in [0.15, 0.2) is 18.2 Å². The smallest absolute Gasteiger partial charge is 0.335 e. The van der Waals surface area contributed by atoms with Crippen LogP contribution in [0.25, 0.3) is 0 Å². The van der Waals surface area contributed by atoms with E-state index >= 15 is 0 Å². The number of benzene rings is 1. The molecule has 0 spiro atoms. The van der Waals surface area contributed by atoms with Crippen LogP contribution in [-0.2, 0) is 11.3 Å². The van der Waals surface area contributed by atoms with Crippen LogP contribution in [0.5, 0.6) is 0 Å². The minimum atomic E-state index is -1.01. The second kappa shape index (κ2) is 4.65. The number of carboxylic acids is 1. The first-order valence-electron chi connectivity index (χ1n) is 4.75. The summed E-state index contributed by atoms with van der Waals surface area (Å²) in [5.74, 6) is -1.10. The van der Waals surface area contributed by atoms with Crippen molar-refractivity contribution in [3.8, 4) is 0 Å². The zero-order chi connectivity index (χ0) is 12.3. The van der Waals surface area contributed by atoms with E-state index in [-0.39, 0.29) is 11.5 Å². The molecule has 0 aliphatic heterocycles. The summed E-state index contributed by atoms with van der Waals surface area (Å²) in [6, 6.07) is 4.46. The maximum Gasteiger partial charge on any atom is 0.335 e. The molecule has 1 aromatic rings. The van der Waals surface area contributed by atoms with Crippen molar-refractivity contribution in [2.24, 2.45) is 0 Å². The first-order valence-corrected chi connectivity index (χ1v) is 4.75. The van der Waals surface area contributed by atoms with Crippen molar-refractivity contribution in [1.82, 2.24) is 4.90 Å². The van der Waals surface area contributed by atoms with E-state index in [2.05, 4.69) is 0 Å². The van der Waals surface area contributed by atoms with Crippen LogP contribution >= 0.6 is 0 Å². The Bertz CT molecular complexity index is 429. The van der Waals surface area contributed by atoms with Gasteiger partial charge in [-0.3, -0.25) is 4.79 Å². The van der Waals surface area contributed by atoms with E-state index in [1.165, 1.54) is 30.0 Å². The number of anilines is 1. The fraction of sp³-hybridized carbons (Fsp3) is 0.273. The third-order valence-corrected chi connectivity index (χ3v) is 2.33. The van der Waals surface area contributed by atoms with Gasteiger partial charge in [-0.25, -0.2) is 4.79 Å².